The van der Waals surface area contributed by atoms with Gasteiger partial charge in [-0.15, -0.1) is 0 Å². The maximum Gasteiger partial charge on any atom is 0.0981 e. The quantitative estimate of drug-likeness (QED) is 0.792. The summed E-state index contributed by atoms with van der Waals surface area (Å²) in [4.78, 5) is 2.16. The minimum absolute atomic E-state index is 0.00509. The Bertz CT molecular complexity index is 526. The summed E-state index contributed by atoms with van der Waals surface area (Å²) >= 11 is 1.44. The number of hydrogen-bond acceptors (Lipinski definition) is 3. The molecule has 0 radical (unpaired) electrons. The highest BCUT2D eigenvalue weighted by Crippen LogP contribution is 2.25. The maximum absolute atomic E-state index is 7.82. The summed E-state index contributed by atoms with van der Waals surface area (Å²) in [6, 6.07) is 12.5. The molecule has 0 fully saturated rings. The standard InChI is InChI=1S/C16H21NOS/c1-13(17(2)3)16(15-7-5-4-6-8-15)18-11-14-9-10-19-12-14/h4-10,12-13,16H,11H2,1-3H3/t13-,16-/m0/s1/i12D. The van der Waals surface area contributed by atoms with Gasteiger partial charge in [0.1, 0.15) is 0 Å². The first-order chi connectivity index (χ1) is 9.59. The molecular weight excluding hydrogens is 254 g/mol. The molecule has 0 amide bonds. The van der Waals surface area contributed by atoms with Gasteiger partial charge in [0, 0.05) is 6.04 Å². The van der Waals surface area contributed by atoms with Crippen LogP contribution >= 0.6 is 11.3 Å². The molecule has 0 bridgehead atoms. The van der Waals surface area contributed by atoms with Crippen LogP contribution in [0.15, 0.2) is 47.1 Å². The van der Waals surface area contributed by atoms with Crippen LogP contribution in [0.4, 0.5) is 0 Å². The van der Waals surface area contributed by atoms with Crippen molar-refractivity contribution in [1.29, 1.82) is 0 Å². The predicted molar refractivity (Wildman–Crippen MR) is 81.4 cm³/mol. The molecule has 0 saturated carbocycles. The molecule has 0 aliphatic carbocycles. The maximum atomic E-state index is 7.82. The van der Waals surface area contributed by atoms with Crippen molar-refractivity contribution in [1.82, 2.24) is 4.90 Å². The number of nitrogens with zero attached hydrogens (tertiary/aromatic N) is 1. The van der Waals surface area contributed by atoms with E-state index in [-0.39, 0.29) is 12.1 Å². The summed E-state index contributed by atoms with van der Waals surface area (Å²) in [5, 5.41) is 2.53. The lowest BCUT2D eigenvalue weighted by Crippen LogP contribution is -2.32. The van der Waals surface area contributed by atoms with Gasteiger partial charge < -0.3 is 9.64 Å². The first kappa shape index (κ1) is 12.9. The fourth-order valence-corrected chi connectivity index (χ4v) is 2.52. The minimum Gasteiger partial charge on any atom is -0.367 e. The molecule has 0 aliphatic heterocycles. The topological polar surface area (TPSA) is 12.5 Å². The van der Waals surface area contributed by atoms with E-state index in [9.17, 15) is 0 Å². The van der Waals surface area contributed by atoms with E-state index in [4.69, 9.17) is 6.11 Å². The highest BCUT2D eigenvalue weighted by molar-refractivity contribution is 7.07. The molecule has 3 heteroatoms. The van der Waals surface area contributed by atoms with E-state index in [0.29, 0.717) is 12.0 Å². The Hall–Kier alpha value is -1.16. The third kappa shape index (κ3) is 3.90. The fraction of sp³-hybridized carbons (Fsp3) is 0.375. The average Bonchev–Trinajstić information content (AvgIpc) is 2.85. The molecule has 0 N–H and O–H groups in total. The third-order valence-corrected chi connectivity index (χ3v) is 3.98. The molecule has 2 atom stereocenters. The Kier molecular flexibility index (Phi) is 4.63. The number of hydrogen-bond donors (Lipinski definition) is 0. The van der Waals surface area contributed by atoms with Gasteiger partial charge in [0.25, 0.3) is 0 Å². The van der Waals surface area contributed by atoms with Crippen molar-refractivity contribution in [3.05, 3.63) is 58.3 Å². The molecule has 0 spiro atoms. The van der Waals surface area contributed by atoms with Crippen molar-refractivity contribution in [2.24, 2.45) is 0 Å². The molecule has 2 nitrogen and oxygen atoms in total. The molecule has 1 aromatic carbocycles. The summed E-state index contributed by atoms with van der Waals surface area (Å²) in [5.74, 6) is 0. The lowest BCUT2D eigenvalue weighted by Gasteiger charge is -2.29. The highest BCUT2D eigenvalue weighted by atomic mass is 32.1. The normalized spacial score (nSPS) is 15.3. The smallest absolute Gasteiger partial charge is 0.0981 e. The van der Waals surface area contributed by atoms with E-state index in [2.05, 4.69) is 38.1 Å². The molecule has 1 aromatic heterocycles. The summed E-state index contributed by atoms with van der Waals surface area (Å²) in [6.07, 6.45) is 0.00509. The first-order valence-corrected chi connectivity index (χ1v) is 7.33. The second-order valence-corrected chi connectivity index (χ2v) is 5.61. The van der Waals surface area contributed by atoms with Gasteiger partial charge in [-0.1, -0.05) is 30.3 Å². The molecular formula is C16H21NOS. The largest absolute Gasteiger partial charge is 0.367 e. The molecule has 102 valence electrons. The Morgan fingerprint density at radius 1 is 1.26 bits per heavy atom. The summed E-state index contributed by atoms with van der Waals surface area (Å²) in [5.41, 5.74) is 2.14. The second kappa shape index (κ2) is 6.85. The zero-order valence-corrected chi connectivity index (χ0v) is 12.5. The van der Waals surface area contributed by atoms with Crippen LogP contribution < -0.4 is 0 Å². The van der Waals surface area contributed by atoms with Crippen molar-refractivity contribution >= 4 is 11.3 Å². The fourth-order valence-electron chi connectivity index (χ4n) is 1.94. The van der Waals surface area contributed by atoms with Gasteiger partial charge in [-0.2, -0.15) is 11.3 Å². The van der Waals surface area contributed by atoms with Crippen molar-refractivity contribution in [2.45, 2.75) is 25.7 Å². The summed E-state index contributed by atoms with van der Waals surface area (Å²) < 4.78 is 13.9. The molecule has 0 saturated heterocycles. The Morgan fingerprint density at radius 2 is 2.00 bits per heavy atom. The lowest BCUT2D eigenvalue weighted by molar-refractivity contribution is -0.00767. The van der Waals surface area contributed by atoms with Crippen molar-refractivity contribution in [2.75, 3.05) is 14.1 Å². The van der Waals surface area contributed by atoms with Crippen LogP contribution in [0.1, 0.15) is 25.5 Å². The van der Waals surface area contributed by atoms with Gasteiger partial charge in [-0.05, 0) is 48.9 Å². The van der Waals surface area contributed by atoms with Crippen molar-refractivity contribution < 1.29 is 6.11 Å². The van der Waals surface area contributed by atoms with Gasteiger partial charge >= 0.3 is 0 Å². The van der Waals surface area contributed by atoms with Crippen LogP contribution in [0.3, 0.4) is 0 Å². The molecule has 2 rings (SSSR count). The molecule has 0 unspecified atom stereocenters. The van der Waals surface area contributed by atoms with Crippen LogP contribution in [0.5, 0.6) is 0 Å². The van der Waals surface area contributed by atoms with Gasteiger partial charge in [-0.25, -0.2) is 0 Å². The van der Waals surface area contributed by atoms with Crippen LogP contribution in [0, 0.1) is 0 Å². The van der Waals surface area contributed by atoms with E-state index < -0.39 is 0 Å². The number of likely N-dealkylation sites (N-methyl/N-ethyl adjacent to an activating group) is 1. The third-order valence-electron chi connectivity index (χ3n) is 3.33. The van der Waals surface area contributed by atoms with Crippen molar-refractivity contribution in [3.8, 4) is 0 Å². The van der Waals surface area contributed by atoms with Gasteiger partial charge in [0.05, 0.1) is 14.1 Å². The van der Waals surface area contributed by atoms with Gasteiger partial charge in [0.15, 0.2) is 0 Å². The van der Waals surface area contributed by atoms with Crippen LogP contribution in [0.25, 0.3) is 0 Å². The predicted octanol–water partition coefficient (Wildman–Crippen LogP) is 3.96. The summed E-state index contributed by atoms with van der Waals surface area (Å²) in [6.45, 7) is 2.65. The number of rotatable bonds is 6. The van der Waals surface area contributed by atoms with Crippen LogP contribution in [-0.4, -0.2) is 25.0 Å². The van der Waals surface area contributed by atoms with E-state index in [1.165, 1.54) is 16.9 Å². The molecule has 0 aliphatic rings. The van der Waals surface area contributed by atoms with E-state index in [0.717, 1.165) is 5.56 Å². The first-order valence-electron chi connectivity index (χ1n) is 6.95. The number of thiophene rings is 1. The molecule has 1 heterocycles. The second-order valence-electron chi connectivity index (χ2n) is 4.89. The highest BCUT2D eigenvalue weighted by Gasteiger charge is 2.21. The van der Waals surface area contributed by atoms with E-state index in [1.807, 2.05) is 29.6 Å². The Morgan fingerprint density at radius 3 is 2.58 bits per heavy atom. The SMILES string of the molecule is [2H]c1sccc1CO[C@H](c1ccccc1)[C@H](C)N(C)C. The molecule has 2 aromatic rings. The minimum atomic E-state index is 0.00509. The van der Waals surface area contributed by atoms with E-state index >= 15 is 0 Å². The Labute approximate surface area is 121 Å². The monoisotopic (exact) mass is 276 g/mol. The number of ether oxygens (including phenoxy) is 1. The number of benzene rings is 1. The zero-order valence-electron chi connectivity index (χ0n) is 12.7. The Balaban J connectivity index is 2.13. The van der Waals surface area contributed by atoms with Crippen LogP contribution in [-0.2, 0) is 11.3 Å². The van der Waals surface area contributed by atoms with E-state index in [1.54, 1.807) is 0 Å². The van der Waals surface area contributed by atoms with Crippen LogP contribution in [0.2, 0.25) is 0 Å². The lowest BCUT2D eigenvalue weighted by atomic mass is 10.0. The van der Waals surface area contributed by atoms with Gasteiger partial charge in [-0.3, -0.25) is 0 Å². The zero-order chi connectivity index (χ0) is 14.5. The molecule has 19 heavy (non-hydrogen) atoms. The average molecular weight is 276 g/mol. The van der Waals surface area contributed by atoms with Crippen molar-refractivity contribution in [3.63, 3.8) is 0 Å². The summed E-state index contributed by atoms with van der Waals surface area (Å²) in [7, 11) is 4.12. The van der Waals surface area contributed by atoms with Gasteiger partial charge in [0.2, 0.25) is 0 Å².